The summed E-state index contributed by atoms with van der Waals surface area (Å²) in [5.41, 5.74) is 0. The van der Waals surface area contributed by atoms with E-state index in [0.717, 1.165) is 0 Å². The Kier molecular flexibility index (Phi) is 6.74. The zero-order valence-electron chi connectivity index (χ0n) is 16.1. The molecule has 1 aromatic heterocycles. The van der Waals surface area contributed by atoms with E-state index in [2.05, 4.69) is 0 Å². The maximum atomic E-state index is 12.5. The molecule has 2 aliphatic rings. The first-order chi connectivity index (χ1) is 13.3. The van der Waals surface area contributed by atoms with E-state index < -0.39 is 16.0 Å². The molecule has 3 rings (SSSR count). The molecular weight excluding hydrogens is 404 g/mol. The Morgan fingerprint density at radius 1 is 1.21 bits per heavy atom. The molecule has 2 unspecified atom stereocenters. The third-order valence-corrected chi connectivity index (χ3v) is 8.26. The molecule has 2 aliphatic heterocycles. The monoisotopic (exact) mass is 430 g/mol. The standard InChI is InChI=1S/C18H26N2O6S2/c1-13-10-19(11-14(2)26-13)16(21)12-25-18(22)15-5-7-20(8-6-15)28(23,24)17-4-3-9-27-17/h3-4,9,13-15H,5-8,10-12H2,1-2H3. The molecule has 2 saturated heterocycles. The first kappa shape index (κ1) is 21.2. The molecule has 156 valence electrons. The number of morpholine rings is 1. The fourth-order valence-corrected chi connectivity index (χ4v) is 6.21. The fraction of sp³-hybridized carbons (Fsp3) is 0.667. The van der Waals surface area contributed by atoms with E-state index in [1.807, 2.05) is 13.8 Å². The molecule has 0 saturated carbocycles. The van der Waals surface area contributed by atoms with Crippen LogP contribution in [0.3, 0.4) is 0 Å². The Balaban J connectivity index is 1.46. The number of ether oxygens (including phenoxy) is 2. The maximum absolute atomic E-state index is 12.5. The Bertz CT molecular complexity index is 777. The first-order valence-electron chi connectivity index (χ1n) is 9.41. The first-order valence-corrected chi connectivity index (χ1v) is 11.7. The summed E-state index contributed by atoms with van der Waals surface area (Å²) >= 11 is 1.18. The summed E-state index contributed by atoms with van der Waals surface area (Å²) < 4.78 is 37.6. The Hall–Kier alpha value is -1.49. The lowest BCUT2D eigenvalue weighted by atomic mass is 9.98. The normalized spacial score (nSPS) is 24.9. The third kappa shape index (κ3) is 4.91. The highest BCUT2D eigenvalue weighted by atomic mass is 32.2. The van der Waals surface area contributed by atoms with Crippen LogP contribution in [0, 0.1) is 5.92 Å². The van der Waals surface area contributed by atoms with Gasteiger partial charge in [-0.2, -0.15) is 4.31 Å². The molecule has 1 aromatic rings. The minimum Gasteiger partial charge on any atom is -0.455 e. The van der Waals surface area contributed by atoms with E-state index in [1.165, 1.54) is 15.6 Å². The van der Waals surface area contributed by atoms with Gasteiger partial charge >= 0.3 is 5.97 Å². The van der Waals surface area contributed by atoms with Gasteiger partial charge in [0.05, 0.1) is 18.1 Å². The van der Waals surface area contributed by atoms with Gasteiger partial charge in [0.1, 0.15) is 4.21 Å². The number of carbonyl (C=O) groups is 2. The molecule has 0 aromatic carbocycles. The van der Waals surface area contributed by atoms with Crippen LogP contribution < -0.4 is 0 Å². The van der Waals surface area contributed by atoms with Crippen molar-refractivity contribution in [2.24, 2.45) is 5.92 Å². The van der Waals surface area contributed by atoms with Crippen LogP contribution in [-0.4, -0.2) is 74.5 Å². The second-order valence-electron chi connectivity index (χ2n) is 7.27. The highest BCUT2D eigenvalue weighted by Crippen LogP contribution is 2.26. The van der Waals surface area contributed by atoms with Crippen molar-refractivity contribution in [3.63, 3.8) is 0 Å². The van der Waals surface area contributed by atoms with Gasteiger partial charge in [-0.15, -0.1) is 11.3 Å². The van der Waals surface area contributed by atoms with Gasteiger partial charge in [0.25, 0.3) is 15.9 Å². The number of amides is 1. The van der Waals surface area contributed by atoms with Gasteiger partial charge in [-0.25, -0.2) is 8.42 Å². The molecule has 3 heterocycles. The zero-order chi connectivity index (χ0) is 20.3. The van der Waals surface area contributed by atoms with E-state index in [1.54, 1.807) is 22.4 Å². The second kappa shape index (κ2) is 8.89. The molecule has 2 fully saturated rings. The average Bonchev–Trinajstić information content (AvgIpc) is 3.21. The number of sulfonamides is 1. The predicted octanol–water partition coefficient (Wildman–Crippen LogP) is 1.33. The highest BCUT2D eigenvalue weighted by molar-refractivity contribution is 7.91. The van der Waals surface area contributed by atoms with Gasteiger partial charge < -0.3 is 14.4 Å². The highest BCUT2D eigenvalue weighted by Gasteiger charge is 2.34. The van der Waals surface area contributed by atoms with Crippen LogP contribution in [-0.2, 0) is 29.1 Å². The SMILES string of the molecule is CC1CN(C(=O)COC(=O)C2CCN(S(=O)(=O)c3cccs3)CC2)CC(C)O1. The van der Waals surface area contributed by atoms with E-state index in [4.69, 9.17) is 9.47 Å². The molecule has 8 nitrogen and oxygen atoms in total. The number of carbonyl (C=O) groups excluding carboxylic acids is 2. The van der Waals surface area contributed by atoms with Crippen molar-refractivity contribution in [2.45, 2.75) is 43.1 Å². The van der Waals surface area contributed by atoms with Crippen LogP contribution in [0.5, 0.6) is 0 Å². The van der Waals surface area contributed by atoms with Crippen LogP contribution >= 0.6 is 11.3 Å². The summed E-state index contributed by atoms with van der Waals surface area (Å²) in [5.74, 6) is -1.05. The van der Waals surface area contributed by atoms with Crippen LogP contribution in [0.2, 0.25) is 0 Å². The second-order valence-corrected chi connectivity index (χ2v) is 10.4. The molecule has 0 N–H and O–H groups in total. The van der Waals surface area contributed by atoms with E-state index in [-0.39, 0.29) is 43.7 Å². The van der Waals surface area contributed by atoms with Gasteiger partial charge in [0.2, 0.25) is 0 Å². The number of rotatable bonds is 5. The Morgan fingerprint density at radius 2 is 1.86 bits per heavy atom. The molecule has 0 radical (unpaired) electrons. The average molecular weight is 431 g/mol. The molecule has 0 spiro atoms. The topological polar surface area (TPSA) is 93.2 Å². The lowest BCUT2D eigenvalue weighted by molar-refractivity contribution is -0.160. The predicted molar refractivity (Wildman–Crippen MR) is 103 cm³/mol. The minimum atomic E-state index is -3.49. The molecule has 10 heteroatoms. The summed E-state index contributed by atoms with van der Waals surface area (Å²) in [4.78, 5) is 26.3. The third-order valence-electron chi connectivity index (χ3n) is 4.99. The Labute approximate surface area is 169 Å². The quantitative estimate of drug-likeness (QED) is 0.655. The van der Waals surface area contributed by atoms with Gasteiger partial charge in [-0.05, 0) is 38.1 Å². The number of hydrogen-bond acceptors (Lipinski definition) is 7. The lowest BCUT2D eigenvalue weighted by Crippen LogP contribution is -2.49. The van der Waals surface area contributed by atoms with Crippen molar-refractivity contribution in [1.29, 1.82) is 0 Å². The van der Waals surface area contributed by atoms with Crippen molar-refractivity contribution in [3.05, 3.63) is 17.5 Å². The Morgan fingerprint density at radius 3 is 2.43 bits per heavy atom. The van der Waals surface area contributed by atoms with Gasteiger partial charge in [0, 0.05) is 26.2 Å². The summed E-state index contributed by atoms with van der Waals surface area (Å²) in [6.45, 7) is 5.03. The van der Waals surface area contributed by atoms with Crippen LogP contribution in [0.15, 0.2) is 21.7 Å². The zero-order valence-corrected chi connectivity index (χ0v) is 17.7. The summed E-state index contributed by atoms with van der Waals surface area (Å²) in [5, 5.41) is 1.73. The molecule has 1 amide bonds. The molecule has 0 aliphatic carbocycles. The number of esters is 1. The molecule has 0 bridgehead atoms. The minimum absolute atomic E-state index is 0.0435. The van der Waals surface area contributed by atoms with Crippen molar-refractivity contribution in [3.8, 4) is 0 Å². The van der Waals surface area contributed by atoms with Crippen LogP contribution in [0.1, 0.15) is 26.7 Å². The number of piperidine rings is 1. The lowest BCUT2D eigenvalue weighted by Gasteiger charge is -2.35. The fourth-order valence-electron chi connectivity index (χ4n) is 3.59. The van der Waals surface area contributed by atoms with E-state index >= 15 is 0 Å². The van der Waals surface area contributed by atoms with Crippen LogP contribution in [0.4, 0.5) is 0 Å². The molecular formula is C18H26N2O6S2. The summed E-state index contributed by atoms with van der Waals surface area (Å²) in [6.07, 6.45) is 0.697. The molecule has 2 atom stereocenters. The largest absolute Gasteiger partial charge is 0.455 e. The summed E-state index contributed by atoms with van der Waals surface area (Å²) in [6, 6.07) is 3.29. The number of thiophene rings is 1. The van der Waals surface area contributed by atoms with Crippen molar-refractivity contribution in [1.82, 2.24) is 9.21 Å². The van der Waals surface area contributed by atoms with Gasteiger partial charge in [0.15, 0.2) is 6.61 Å². The maximum Gasteiger partial charge on any atom is 0.309 e. The molecule has 28 heavy (non-hydrogen) atoms. The van der Waals surface area contributed by atoms with Crippen molar-refractivity contribution >= 4 is 33.2 Å². The van der Waals surface area contributed by atoms with Crippen molar-refractivity contribution < 1.29 is 27.5 Å². The van der Waals surface area contributed by atoms with E-state index in [0.29, 0.717) is 30.1 Å². The smallest absolute Gasteiger partial charge is 0.309 e. The van der Waals surface area contributed by atoms with Crippen molar-refractivity contribution in [2.75, 3.05) is 32.8 Å². The van der Waals surface area contributed by atoms with E-state index in [9.17, 15) is 18.0 Å². The summed E-state index contributed by atoms with van der Waals surface area (Å²) in [7, 11) is -3.49. The number of hydrogen-bond donors (Lipinski definition) is 0. The number of nitrogens with zero attached hydrogens (tertiary/aromatic N) is 2. The van der Waals surface area contributed by atoms with Gasteiger partial charge in [-0.1, -0.05) is 6.07 Å². The van der Waals surface area contributed by atoms with Gasteiger partial charge in [-0.3, -0.25) is 9.59 Å². The van der Waals surface area contributed by atoms with Crippen LogP contribution in [0.25, 0.3) is 0 Å².